The Morgan fingerprint density at radius 1 is 1.12 bits per heavy atom. The number of nitrogens with zero attached hydrogens (tertiary/aromatic N) is 1. The monoisotopic (exact) mass is 412 g/mol. The van der Waals surface area contributed by atoms with Crippen molar-refractivity contribution in [3.8, 4) is 5.75 Å². The lowest BCUT2D eigenvalue weighted by Gasteiger charge is -2.23. The van der Waals surface area contributed by atoms with Crippen LogP contribution < -0.4 is 14.8 Å². The maximum Gasteiger partial charge on any atom is 0.264 e. The van der Waals surface area contributed by atoms with Gasteiger partial charge in [0, 0.05) is 4.47 Å². The minimum Gasteiger partial charge on any atom is -0.494 e. The summed E-state index contributed by atoms with van der Waals surface area (Å²) in [7, 11) is -3.92. The molecule has 6 nitrogen and oxygen atoms in total. The van der Waals surface area contributed by atoms with E-state index in [1.807, 2.05) is 6.92 Å². The highest BCUT2D eigenvalue weighted by Crippen LogP contribution is 2.26. The number of primary amides is 1. The lowest BCUT2D eigenvalue weighted by atomic mass is 10.3. The van der Waals surface area contributed by atoms with E-state index in [1.165, 1.54) is 12.1 Å². The van der Waals surface area contributed by atoms with Gasteiger partial charge in [-0.2, -0.15) is 0 Å². The maximum atomic E-state index is 12.9. The Bertz CT molecular complexity index is 805. The highest BCUT2D eigenvalue weighted by atomic mass is 79.9. The summed E-state index contributed by atoms with van der Waals surface area (Å²) in [5.41, 5.74) is 5.56. The molecule has 0 bridgehead atoms. The third-order valence-corrected chi connectivity index (χ3v) is 5.45. The van der Waals surface area contributed by atoms with Crippen LogP contribution in [0.1, 0.15) is 6.92 Å². The number of anilines is 1. The van der Waals surface area contributed by atoms with Crippen LogP contribution in [0.2, 0.25) is 0 Å². The molecule has 0 aliphatic rings. The molecule has 2 aromatic carbocycles. The number of rotatable bonds is 7. The summed E-state index contributed by atoms with van der Waals surface area (Å²) < 4.78 is 32.8. The molecule has 2 N–H and O–H groups in total. The molecule has 128 valence electrons. The first-order chi connectivity index (χ1) is 11.3. The van der Waals surface area contributed by atoms with E-state index in [-0.39, 0.29) is 4.90 Å². The fraction of sp³-hybridized carbons (Fsp3) is 0.188. The molecule has 0 aliphatic carbocycles. The van der Waals surface area contributed by atoms with Gasteiger partial charge in [-0.15, -0.1) is 0 Å². The molecule has 24 heavy (non-hydrogen) atoms. The number of carbonyl (C=O) groups is 1. The second-order valence-corrected chi connectivity index (χ2v) is 7.64. The predicted octanol–water partition coefficient (Wildman–Crippen LogP) is 2.53. The van der Waals surface area contributed by atoms with Crippen molar-refractivity contribution in [2.75, 3.05) is 17.5 Å². The van der Waals surface area contributed by atoms with Crippen LogP contribution in [0, 0.1) is 0 Å². The van der Waals surface area contributed by atoms with Gasteiger partial charge in [0.25, 0.3) is 10.0 Å². The zero-order valence-electron chi connectivity index (χ0n) is 13.0. The van der Waals surface area contributed by atoms with Crippen LogP contribution in [0.15, 0.2) is 57.9 Å². The SMILES string of the molecule is CCOc1ccc(N(CC(N)=O)S(=O)(=O)c2ccc(Br)cc2)cc1. The molecule has 1 amide bonds. The number of hydrogen-bond acceptors (Lipinski definition) is 4. The van der Waals surface area contributed by atoms with Crippen molar-refractivity contribution in [1.82, 2.24) is 0 Å². The second-order valence-electron chi connectivity index (χ2n) is 4.86. The molecule has 0 heterocycles. The Morgan fingerprint density at radius 3 is 2.21 bits per heavy atom. The van der Waals surface area contributed by atoms with Gasteiger partial charge in [-0.25, -0.2) is 8.42 Å². The Balaban J connectivity index is 2.43. The van der Waals surface area contributed by atoms with Gasteiger partial charge in [0.2, 0.25) is 5.91 Å². The number of hydrogen-bond donors (Lipinski definition) is 1. The second kappa shape index (κ2) is 7.67. The van der Waals surface area contributed by atoms with Crippen LogP contribution in [0.25, 0.3) is 0 Å². The molecular weight excluding hydrogens is 396 g/mol. The summed E-state index contributed by atoms with van der Waals surface area (Å²) in [5, 5.41) is 0. The van der Waals surface area contributed by atoms with E-state index in [4.69, 9.17) is 10.5 Å². The van der Waals surface area contributed by atoms with Crippen LogP contribution in [-0.2, 0) is 14.8 Å². The minimum atomic E-state index is -3.92. The van der Waals surface area contributed by atoms with Crippen LogP contribution in [0.3, 0.4) is 0 Å². The zero-order valence-corrected chi connectivity index (χ0v) is 15.4. The van der Waals surface area contributed by atoms with E-state index in [0.29, 0.717) is 18.0 Å². The van der Waals surface area contributed by atoms with E-state index < -0.39 is 22.5 Å². The van der Waals surface area contributed by atoms with Crippen molar-refractivity contribution in [2.24, 2.45) is 5.73 Å². The Morgan fingerprint density at radius 2 is 1.71 bits per heavy atom. The van der Waals surface area contributed by atoms with E-state index in [1.54, 1.807) is 36.4 Å². The van der Waals surface area contributed by atoms with Crippen LogP contribution >= 0.6 is 15.9 Å². The first kappa shape index (κ1) is 18.3. The number of amides is 1. The summed E-state index contributed by atoms with van der Waals surface area (Å²) in [5.74, 6) is -0.133. The number of sulfonamides is 1. The molecule has 0 aliphatic heterocycles. The van der Waals surface area contributed by atoms with Crippen LogP contribution in [-0.4, -0.2) is 27.5 Å². The number of nitrogens with two attached hydrogens (primary N) is 1. The van der Waals surface area contributed by atoms with Crippen molar-refractivity contribution in [3.05, 3.63) is 53.0 Å². The highest BCUT2D eigenvalue weighted by molar-refractivity contribution is 9.10. The lowest BCUT2D eigenvalue weighted by molar-refractivity contribution is -0.116. The Labute approximate surface area is 149 Å². The standard InChI is InChI=1S/C16H17BrN2O4S/c1-2-23-14-7-5-13(6-8-14)19(11-16(18)20)24(21,22)15-9-3-12(17)4-10-15/h3-10H,2,11H2,1H3,(H2,18,20). The first-order valence-corrected chi connectivity index (χ1v) is 9.37. The summed E-state index contributed by atoms with van der Waals surface area (Å²) in [6.07, 6.45) is 0. The van der Waals surface area contributed by atoms with E-state index in [9.17, 15) is 13.2 Å². The topological polar surface area (TPSA) is 89.7 Å². The fourth-order valence-corrected chi connectivity index (χ4v) is 3.76. The molecule has 0 spiro atoms. The molecule has 0 saturated heterocycles. The van der Waals surface area contributed by atoms with Crippen molar-refractivity contribution in [2.45, 2.75) is 11.8 Å². The van der Waals surface area contributed by atoms with Gasteiger partial charge in [0.1, 0.15) is 12.3 Å². The van der Waals surface area contributed by atoms with Crippen molar-refractivity contribution in [3.63, 3.8) is 0 Å². The van der Waals surface area contributed by atoms with Gasteiger partial charge in [-0.1, -0.05) is 15.9 Å². The molecule has 0 saturated carbocycles. The summed E-state index contributed by atoms with van der Waals surface area (Å²) in [6.45, 7) is 1.90. The Hall–Kier alpha value is -2.06. The molecule has 0 aromatic heterocycles. The highest BCUT2D eigenvalue weighted by Gasteiger charge is 2.26. The molecule has 0 unspecified atom stereocenters. The van der Waals surface area contributed by atoms with E-state index in [0.717, 1.165) is 8.78 Å². The summed E-state index contributed by atoms with van der Waals surface area (Å²) >= 11 is 3.26. The maximum absolute atomic E-state index is 12.9. The van der Waals surface area contributed by atoms with Crippen molar-refractivity contribution < 1.29 is 17.9 Å². The first-order valence-electron chi connectivity index (χ1n) is 7.14. The van der Waals surface area contributed by atoms with Gasteiger partial charge >= 0.3 is 0 Å². The molecule has 2 rings (SSSR count). The van der Waals surface area contributed by atoms with Gasteiger partial charge in [0.05, 0.1) is 17.2 Å². The third kappa shape index (κ3) is 4.27. The predicted molar refractivity (Wildman–Crippen MR) is 95.5 cm³/mol. The van der Waals surface area contributed by atoms with Crippen molar-refractivity contribution >= 4 is 37.5 Å². The molecule has 0 fully saturated rings. The van der Waals surface area contributed by atoms with E-state index >= 15 is 0 Å². The Kier molecular flexibility index (Phi) is 5.84. The van der Waals surface area contributed by atoms with Gasteiger partial charge < -0.3 is 10.5 Å². The summed E-state index contributed by atoms with van der Waals surface area (Å²) in [6, 6.07) is 12.6. The zero-order chi connectivity index (χ0) is 17.7. The quantitative estimate of drug-likeness (QED) is 0.756. The minimum absolute atomic E-state index is 0.0702. The number of ether oxygens (including phenoxy) is 1. The largest absolute Gasteiger partial charge is 0.494 e. The number of benzene rings is 2. The van der Waals surface area contributed by atoms with Gasteiger partial charge in [-0.05, 0) is 55.5 Å². The molecule has 0 radical (unpaired) electrons. The average Bonchev–Trinajstić information content (AvgIpc) is 2.54. The molecule has 0 atom stereocenters. The summed E-state index contributed by atoms with van der Waals surface area (Å²) in [4.78, 5) is 11.4. The number of carbonyl (C=O) groups excluding carboxylic acids is 1. The normalized spacial score (nSPS) is 11.1. The third-order valence-electron chi connectivity index (χ3n) is 3.14. The van der Waals surface area contributed by atoms with Crippen LogP contribution in [0.5, 0.6) is 5.75 Å². The molecule has 8 heteroatoms. The number of halogens is 1. The smallest absolute Gasteiger partial charge is 0.264 e. The van der Waals surface area contributed by atoms with E-state index in [2.05, 4.69) is 15.9 Å². The fourth-order valence-electron chi connectivity index (χ4n) is 2.07. The molecule has 2 aromatic rings. The van der Waals surface area contributed by atoms with Gasteiger partial charge in [0.15, 0.2) is 0 Å². The average molecular weight is 413 g/mol. The van der Waals surface area contributed by atoms with Crippen molar-refractivity contribution in [1.29, 1.82) is 0 Å². The molecular formula is C16H17BrN2O4S. The lowest BCUT2D eigenvalue weighted by Crippen LogP contribution is -2.38. The van der Waals surface area contributed by atoms with Gasteiger partial charge in [-0.3, -0.25) is 9.10 Å². The van der Waals surface area contributed by atoms with Crippen LogP contribution in [0.4, 0.5) is 5.69 Å².